The van der Waals surface area contributed by atoms with E-state index in [1.54, 1.807) is 22.3 Å². The van der Waals surface area contributed by atoms with Crippen LogP contribution in [-0.4, -0.2) is 8.75 Å². The number of unbranched alkanes of at least 4 members (excludes halogenated alkanes) is 4. The monoisotopic (exact) mass is 1160 g/mol. The highest BCUT2D eigenvalue weighted by Crippen LogP contribution is 2.59. The molecule has 8 rings (SSSR count). The van der Waals surface area contributed by atoms with Crippen molar-refractivity contribution in [1.82, 2.24) is 8.75 Å². The molecule has 0 N–H and O–H groups in total. The molecule has 69 heavy (non-hydrogen) atoms. The fourth-order valence-corrected chi connectivity index (χ4v) is 14.9. The average Bonchev–Trinajstić information content (AvgIpc) is 4.04. The largest absolute Gasteiger partial charge is 0.172 e. The minimum atomic E-state index is -0.0166. The second-order valence-electron chi connectivity index (χ2n) is 21.7. The van der Waals surface area contributed by atoms with E-state index in [1.807, 2.05) is 0 Å². The lowest BCUT2D eigenvalue weighted by Crippen LogP contribution is -2.31. The van der Waals surface area contributed by atoms with Crippen molar-refractivity contribution < 1.29 is 0 Å². The summed E-state index contributed by atoms with van der Waals surface area (Å²) >= 11 is 6.53. The van der Waals surface area contributed by atoms with E-state index in [0.29, 0.717) is 23.7 Å². The molecule has 0 fully saturated rings. The highest BCUT2D eigenvalue weighted by Gasteiger charge is 2.47. The van der Waals surface area contributed by atoms with E-state index >= 15 is 0 Å². The Labute approximate surface area is 450 Å². The summed E-state index contributed by atoms with van der Waals surface area (Å²) in [6, 6.07) is 34.5. The molecule has 1 heterocycles. The number of aromatic nitrogens is 2. The molecule has 4 unspecified atom stereocenters. The molecular weight excluding hydrogens is 1080 g/mol. The van der Waals surface area contributed by atoms with Crippen LogP contribution in [0.5, 0.6) is 0 Å². The second kappa shape index (κ2) is 23.9. The minimum Gasteiger partial charge on any atom is -0.172 e. The maximum absolute atomic E-state index is 5.18. The van der Waals surface area contributed by atoms with Crippen molar-refractivity contribution in [3.63, 3.8) is 0 Å². The van der Waals surface area contributed by atoms with Gasteiger partial charge in [0, 0.05) is 29.1 Å². The molecule has 2 aliphatic rings. The van der Waals surface area contributed by atoms with Crippen LogP contribution >= 0.6 is 56.9 Å². The Kier molecular flexibility index (Phi) is 18.3. The molecule has 5 heteroatoms. The van der Waals surface area contributed by atoms with Gasteiger partial charge in [0.25, 0.3) is 0 Å². The van der Waals surface area contributed by atoms with Gasteiger partial charge >= 0.3 is 0 Å². The van der Waals surface area contributed by atoms with Crippen molar-refractivity contribution in [3.05, 3.63) is 114 Å². The third kappa shape index (κ3) is 10.7. The summed E-state index contributed by atoms with van der Waals surface area (Å²) in [5, 5.41) is 0. The van der Waals surface area contributed by atoms with Gasteiger partial charge in [-0.2, -0.15) is 8.75 Å². The fourth-order valence-electron chi connectivity index (χ4n) is 13.4. The van der Waals surface area contributed by atoms with Gasteiger partial charge in [-0.3, -0.25) is 0 Å². The molecule has 0 amide bonds. The first-order chi connectivity index (χ1) is 33.6. The van der Waals surface area contributed by atoms with Crippen molar-refractivity contribution in [2.45, 2.75) is 195 Å². The lowest BCUT2D eigenvalue weighted by Gasteiger charge is -2.39. The molecule has 6 aromatic rings. The van der Waals surface area contributed by atoms with Gasteiger partial charge < -0.3 is 0 Å². The summed E-state index contributed by atoms with van der Waals surface area (Å²) in [6.45, 7) is 19.2. The molecule has 2 aliphatic carbocycles. The molecule has 1 aromatic heterocycles. The van der Waals surface area contributed by atoms with Gasteiger partial charge in [0.1, 0.15) is 11.0 Å². The quantitative estimate of drug-likeness (QED) is 0.0506. The zero-order chi connectivity index (χ0) is 48.7. The minimum absolute atomic E-state index is 0.0166. The van der Waals surface area contributed by atoms with E-state index in [9.17, 15) is 0 Å². The molecule has 4 atom stereocenters. The Morgan fingerprint density at radius 3 is 0.986 bits per heavy atom. The van der Waals surface area contributed by atoms with Crippen molar-refractivity contribution in [2.24, 2.45) is 23.7 Å². The molecule has 0 aliphatic heterocycles. The number of rotatable bonds is 26. The van der Waals surface area contributed by atoms with Gasteiger partial charge in [0.2, 0.25) is 0 Å². The summed E-state index contributed by atoms with van der Waals surface area (Å²) < 4.78 is 13.1. The highest BCUT2D eigenvalue weighted by atomic mass is 127. The van der Waals surface area contributed by atoms with E-state index in [2.05, 4.69) is 186 Å². The summed E-state index contributed by atoms with van der Waals surface area (Å²) in [5.41, 5.74) is 19.1. The Bertz CT molecular complexity index is 2440. The van der Waals surface area contributed by atoms with Gasteiger partial charge in [-0.15, -0.1) is 0 Å². The predicted octanol–water partition coefficient (Wildman–Crippen LogP) is 21.2. The van der Waals surface area contributed by atoms with Crippen LogP contribution in [0.4, 0.5) is 0 Å². The van der Waals surface area contributed by atoms with Crippen LogP contribution in [0.2, 0.25) is 0 Å². The van der Waals surface area contributed by atoms with E-state index < -0.39 is 0 Å². The number of hydrogen-bond acceptors (Lipinski definition) is 3. The molecule has 0 radical (unpaired) electrons. The maximum Gasteiger partial charge on any atom is 0.113 e. The molecule has 5 aromatic carbocycles. The first kappa shape index (κ1) is 52.7. The van der Waals surface area contributed by atoms with Crippen LogP contribution in [0.1, 0.15) is 206 Å². The molecular formula is C64H82I2N2S. The fraction of sp³-hybridized carbons (Fsp3) is 0.531. The van der Waals surface area contributed by atoms with Crippen LogP contribution < -0.4 is 0 Å². The Morgan fingerprint density at radius 1 is 0.391 bits per heavy atom. The summed E-state index contributed by atoms with van der Waals surface area (Å²) in [7, 11) is 0. The zero-order valence-corrected chi connectivity index (χ0v) is 48.7. The number of halogens is 2. The normalized spacial score (nSPS) is 18.8. The maximum atomic E-state index is 5.18. The molecule has 2 nitrogen and oxygen atoms in total. The number of benzene rings is 5. The zero-order valence-electron chi connectivity index (χ0n) is 43.6. The standard InChI is InChI=1S/C64H82I2N2S/c1-9-17-21-43(13-5)39-63(40-44(14-6)22-18-10-2)57-35-47(25-29-53(57)55-31-27-49(65)37-59(55)63)51-33-34-52(62-61(51)67-69-68-62)48-26-30-54-56-32-28-50(66)38-60(56)64(58(54)36-48,41-45(15-7)23-19-11-3)42-46(16-8)24-20-12-4/h25-38,43-46H,9-24,39-42H2,1-8H3. The SMILES string of the molecule is CCCCC(CC)CC1(CC(CC)CCCC)c2cc(I)ccc2-c2ccc(-c3ccc(-c4ccc5c(c4)C(CC(CC)CCCC)(CC(CC)CCCC)c4cc(I)ccc4-5)c4nsnc34)cc21. The van der Waals surface area contributed by atoms with Crippen LogP contribution in [0, 0.1) is 30.8 Å². The van der Waals surface area contributed by atoms with Gasteiger partial charge in [-0.25, -0.2) is 0 Å². The van der Waals surface area contributed by atoms with E-state index in [-0.39, 0.29) is 10.8 Å². The van der Waals surface area contributed by atoms with Gasteiger partial charge in [-0.1, -0.05) is 207 Å². The first-order valence-corrected chi connectivity index (χ1v) is 30.7. The van der Waals surface area contributed by atoms with Crippen LogP contribution in [0.25, 0.3) is 55.5 Å². The number of fused-ring (bicyclic) bond motifs is 7. The average molecular weight is 1170 g/mol. The predicted molar refractivity (Wildman–Crippen MR) is 318 cm³/mol. The Morgan fingerprint density at radius 2 is 0.681 bits per heavy atom. The van der Waals surface area contributed by atoms with Gasteiger partial charge in [-0.05, 0) is 187 Å². The summed E-state index contributed by atoms with van der Waals surface area (Å²) in [6.07, 6.45) is 25.4. The van der Waals surface area contributed by atoms with Crippen LogP contribution in [0.3, 0.4) is 0 Å². The van der Waals surface area contributed by atoms with Crippen molar-refractivity contribution in [1.29, 1.82) is 0 Å². The van der Waals surface area contributed by atoms with Crippen molar-refractivity contribution in [2.75, 3.05) is 0 Å². The Balaban J connectivity index is 1.26. The van der Waals surface area contributed by atoms with Crippen LogP contribution in [-0.2, 0) is 10.8 Å². The smallest absolute Gasteiger partial charge is 0.113 e. The highest BCUT2D eigenvalue weighted by molar-refractivity contribution is 14.1. The third-order valence-corrected chi connectivity index (χ3v) is 19.3. The van der Waals surface area contributed by atoms with Gasteiger partial charge in [0.15, 0.2) is 0 Å². The third-order valence-electron chi connectivity index (χ3n) is 17.4. The van der Waals surface area contributed by atoms with E-state index in [1.165, 1.54) is 192 Å². The lowest BCUT2D eigenvalue weighted by atomic mass is 9.65. The summed E-state index contributed by atoms with van der Waals surface area (Å²) in [4.78, 5) is 0. The summed E-state index contributed by atoms with van der Waals surface area (Å²) in [5.74, 6) is 2.77. The molecule has 368 valence electrons. The number of hydrogen-bond donors (Lipinski definition) is 0. The van der Waals surface area contributed by atoms with Gasteiger partial charge in [0.05, 0.1) is 11.7 Å². The van der Waals surface area contributed by atoms with Crippen molar-refractivity contribution >= 4 is 67.9 Å². The Hall–Kier alpha value is -2.62. The number of nitrogens with zero attached hydrogens (tertiary/aromatic N) is 2. The molecule has 0 saturated carbocycles. The van der Waals surface area contributed by atoms with Crippen molar-refractivity contribution in [3.8, 4) is 44.5 Å². The molecule has 0 spiro atoms. The van der Waals surface area contributed by atoms with E-state index in [4.69, 9.17) is 8.75 Å². The second-order valence-corrected chi connectivity index (χ2v) is 24.7. The lowest BCUT2D eigenvalue weighted by molar-refractivity contribution is 0.266. The van der Waals surface area contributed by atoms with E-state index in [0.717, 1.165) is 11.0 Å². The van der Waals surface area contributed by atoms with Crippen LogP contribution in [0.15, 0.2) is 84.9 Å². The first-order valence-electron chi connectivity index (χ1n) is 27.8. The molecule has 0 bridgehead atoms. The topological polar surface area (TPSA) is 25.8 Å². The molecule has 0 saturated heterocycles.